The first-order valence-electron chi connectivity index (χ1n) is 10.3. The Kier molecular flexibility index (Phi) is 9.09. The number of amides is 1. The fourth-order valence-electron chi connectivity index (χ4n) is 4.14. The van der Waals surface area contributed by atoms with Crippen molar-refractivity contribution in [3.63, 3.8) is 0 Å². The fraction of sp³-hybridized carbons (Fsp3) is 0.571. The molecule has 1 aromatic heterocycles. The summed E-state index contributed by atoms with van der Waals surface area (Å²) in [7, 11) is 1.67. The smallest absolute Gasteiger partial charge is 0.236 e. The average Bonchev–Trinajstić information content (AvgIpc) is 3.39. The quantitative estimate of drug-likeness (QED) is 0.725. The van der Waals surface area contributed by atoms with E-state index in [4.69, 9.17) is 0 Å². The summed E-state index contributed by atoms with van der Waals surface area (Å²) in [6, 6.07) is 8.67. The summed E-state index contributed by atoms with van der Waals surface area (Å²) in [6.07, 6.45) is 5.32. The first kappa shape index (κ1) is 24.6. The maximum absolute atomic E-state index is 11.8. The van der Waals surface area contributed by atoms with Crippen LogP contribution in [0.25, 0.3) is 11.3 Å². The van der Waals surface area contributed by atoms with E-state index in [1.807, 2.05) is 10.9 Å². The van der Waals surface area contributed by atoms with Gasteiger partial charge in [-0.2, -0.15) is 0 Å². The number of hydrogen-bond acceptors (Lipinski definition) is 5. The molecule has 2 fully saturated rings. The van der Waals surface area contributed by atoms with Crippen molar-refractivity contribution in [3.8, 4) is 11.3 Å². The highest BCUT2D eigenvalue weighted by molar-refractivity contribution is 5.85. The summed E-state index contributed by atoms with van der Waals surface area (Å²) in [6.45, 7) is 6.50. The molecule has 166 valence electrons. The molecule has 4 rings (SSSR count). The summed E-state index contributed by atoms with van der Waals surface area (Å²) in [5, 5.41) is 14.6. The molecule has 7 nitrogen and oxygen atoms in total. The Labute approximate surface area is 190 Å². The van der Waals surface area contributed by atoms with E-state index in [-0.39, 0.29) is 42.8 Å². The minimum Gasteiger partial charge on any atom is -0.358 e. The van der Waals surface area contributed by atoms with E-state index in [0.29, 0.717) is 0 Å². The first-order valence-corrected chi connectivity index (χ1v) is 10.3. The number of carbonyl (C=O) groups excluding carboxylic acids is 1. The predicted octanol–water partition coefficient (Wildman–Crippen LogP) is 2.67. The normalized spacial score (nSPS) is 22.2. The Balaban J connectivity index is 0.00000160. The summed E-state index contributed by atoms with van der Waals surface area (Å²) in [5.74, 6) is 0.893. The van der Waals surface area contributed by atoms with Crippen LogP contribution in [-0.4, -0.2) is 58.5 Å². The summed E-state index contributed by atoms with van der Waals surface area (Å²) in [5.41, 5.74) is 3.30. The van der Waals surface area contributed by atoms with Gasteiger partial charge in [0.2, 0.25) is 5.91 Å². The number of carbonyl (C=O) groups is 1. The van der Waals surface area contributed by atoms with E-state index >= 15 is 0 Å². The lowest BCUT2D eigenvalue weighted by Gasteiger charge is -2.30. The molecule has 2 aromatic rings. The Morgan fingerprint density at radius 3 is 2.57 bits per heavy atom. The highest BCUT2D eigenvalue weighted by atomic mass is 35.5. The van der Waals surface area contributed by atoms with Crippen LogP contribution in [0.2, 0.25) is 0 Å². The molecule has 9 heteroatoms. The van der Waals surface area contributed by atoms with E-state index in [0.717, 1.165) is 36.7 Å². The van der Waals surface area contributed by atoms with E-state index in [2.05, 4.69) is 57.0 Å². The zero-order chi connectivity index (χ0) is 19.5. The second-order valence-electron chi connectivity index (χ2n) is 8.20. The Morgan fingerprint density at radius 2 is 1.90 bits per heavy atom. The lowest BCUT2D eigenvalue weighted by atomic mass is 9.99. The molecule has 1 amide bonds. The van der Waals surface area contributed by atoms with Gasteiger partial charge in [0.15, 0.2) is 0 Å². The molecule has 0 spiro atoms. The second kappa shape index (κ2) is 11.1. The predicted molar refractivity (Wildman–Crippen MR) is 123 cm³/mol. The van der Waals surface area contributed by atoms with Crippen LogP contribution in [-0.2, 0) is 11.3 Å². The van der Waals surface area contributed by atoms with Crippen molar-refractivity contribution in [2.75, 3.05) is 26.7 Å². The lowest BCUT2D eigenvalue weighted by Crippen LogP contribution is -2.38. The number of likely N-dealkylation sites (tertiary alicyclic amines) is 1. The van der Waals surface area contributed by atoms with Crippen molar-refractivity contribution >= 4 is 30.7 Å². The number of halogens is 2. The van der Waals surface area contributed by atoms with Gasteiger partial charge in [-0.25, -0.2) is 4.68 Å². The number of benzene rings is 1. The van der Waals surface area contributed by atoms with Gasteiger partial charge in [0, 0.05) is 25.7 Å². The monoisotopic (exact) mass is 454 g/mol. The summed E-state index contributed by atoms with van der Waals surface area (Å²) in [4.78, 5) is 14.3. The maximum atomic E-state index is 11.8. The van der Waals surface area contributed by atoms with Gasteiger partial charge in [0.1, 0.15) is 5.69 Å². The number of aromatic nitrogens is 3. The number of nitrogens with one attached hydrogen (secondary N) is 2. The molecule has 2 aliphatic rings. The van der Waals surface area contributed by atoms with E-state index in [1.54, 1.807) is 7.05 Å². The molecule has 1 aromatic carbocycles. The third kappa shape index (κ3) is 5.72. The molecule has 2 atom stereocenters. The van der Waals surface area contributed by atoms with Crippen LogP contribution in [0.15, 0.2) is 30.5 Å². The number of likely N-dealkylation sites (N-methyl/N-ethyl adjacent to an activating group) is 1. The van der Waals surface area contributed by atoms with Gasteiger partial charge in [-0.15, -0.1) is 29.9 Å². The zero-order valence-electron chi connectivity index (χ0n) is 17.6. The van der Waals surface area contributed by atoms with Crippen molar-refractivity contribution in [2.45, 2.75) is 44.8 Å². The molecule has 0 radical (unpaired) electrons. The van der Waals surface area contributed by atoms with Crippen LogP contribution >= 0.6 is 24.8 Å². The number of piperidine rings is 1. The molecule has 2 N–H and O–H groups in total. The molecular weight excluding hydrogens is 423 g/mol. The molecule has 2 saturated heterocycles. The van der Waals surface area contributed by atoms with Crippen molar-refractivity contribution in [3.05, 3.63) is 36.0 Å². The van der Waals surface area contributed by atoms with Crippen LogP contribution < -0.4 is 10.6 Å². The first-order chi connectivity index (χ1) is 13.6. The molecular formula is C21H32Cl2N6O. The highest BCUT2D eigenvalue weighted by Crippen LogP contribution is 2.24. The van der Waals surface area contributed by atoms with Crippen LogP contribution in [0.1, 0.15) is 37.8 Å². The third-order valence-corrected chi connectivity index (χ3v) is 6.09. The van der Waals surface area contributed by atoms with Crippen LogP contribution in [0, 0.1) is 5.92 Å². The molecule has 0 unspecified atom stereocenters. The van der Waals surface area contributed by atoms with Crippen molar-refractivity contribution < 1.29 is 4.79 Å². The second-order valence-corrected chi connectivity index (χ2v) is 8.20. The van der Waals surface area contributed by atoms with Gasteiger partial charge in [0.05, 0.1) is 18.3 Å². The Hall–Kier alpha value is -1.67. The van der Waals surface area contributed by atoms with Gasteiger partial charge >= 0.3 is 0 Å². The minimum atomic E-state index is -0.153. The molecule has 30 heavy (non-hydrogen) atoms. The largest absolute Gasteiger partial charge is 0.358 e. The molecule has 2 aliphatic heterocycles. The maximum Gasteiger partial charge on any atom is 0.236 e. The fourth-order valence-corrected chi connectivity index (χ4v) is 4.14. The Bertz CT molecular complexity index is 804. The topological polar surface area (TPSA) is 75.1 Å². The van der Waals surface area contributed by atoms with Gasteiger partial charge in [-0.05, 0) is 43.8 Å². The minimum absolute atomic E-state index is 0. The van der Waals surface area contributed by atoms with Crippen molar-refractivity contribution in [1.29, 1.82) is 0 Å². The van der Waals surface area contributed by atoms with Gasteiger partial charge in [-0.1, -0.05) is 36.4 Å². The van der Waals surface area contributed by atoms with E-state index in [1.165, 1.54) is 31.5 Å². The SMILES string of the molecule is CNC(=O)[C@@H]1C[C@H](n2cc(-c3ccc(CN4CCC(C)CC4)cc3)nn2)CN1.Cl.Cl. The van der Waals surface area contributed by atoms with Gasteiger partial charge < -0.3 is 10.6 Å². The average molecular weight is 455 g/mol. The number of nitrogens with zero attached hydrogens (tertiary/aromatic N) is 4. The van der Waals surface area contributed by atoms with Gasteiger partial charge in [-0.3, -0.25) is 9.69 Å². The Morgan fingerprint density at radius 1 is 1.20 bits per heavy atom. The van der Waals surface area contributed by atoms with Crippen molar-refractivity contribution in [2.24, 2.45) is 5.92 Å². The molecule has 3 heterocycles. The van der Waals surface area contributed by atoms with E-state index in [9.17, 15) is 4.79 Å². The lowest BCUT2D eigenvalue weighted by molar-refractivity contribution is -0.122. The molecule has 0 bridgehead atoms. The summed E-state index contributed by atoms with van der Waals surface area (Å²) < 4.78 is 1.88. The highest BCUT2D eigenvalue weighted by Gasteiger charge is 2.30. The summed E-state index contributed by atoms with van der Waals surface area (Å²) >= 11 is 0. The van der Waals surface area contributed by atoms with Crippen LogP contribution in [0.3, 0.4) is 0 Å². The number of rotatable bonds is 5. The van der Waals surface area contributed by atoms with Crippen LogP contribution in [0.5, 0.6) is 0 Å². The van der Waals surface area contributed by atoms with Crippen molar-refractivity contribution in [1.82, 2.24) is 30.5 Å². The van der Waals surface area contributed by atoms with Crippen LogP contribution in [0.4, 0.5) is 0 Å². The zero-order valence-corrected chi connectivity index (χ0v) is 19.2. The molecule has 0 aliphatic carbocycles. The molecule has 0 saturated carbocycles. The standard InChI is InChI=1S/C21H30N6O.2ClH/c1-15-7-9-26(10-8-15)13-16-3-5-17(6-4-16)20-14-27(25-24-20)18-11-19(23-12-18)21(28)22-2;;/h3-6,14-15,18-19,23H,7-13H2,1-2H3,(H,22,28);2*1H/t18-,19-;;/m0../s1. The van der Waals surface area contributed by atoms with E-state index < -0.39 is 0 Å². The number of hydrogen-bond donors (Lipinski definition) is 2. The third-order valence-electron chi connectivity index (χ3n) is 6.09. The van der Waals surface area contributed by atoms with Gasteiger partial charge in [0.25, 0.3) is 0 Å².